The standard InChI is InChI=1S/C15H21N3O/c1-4-13(15(2,3)19)18-14-10-7-5-6-8-12(10)17-9-11(14)16/h5-9,13,19H,4,16H2,1-3H3,(H,17,18)/t13-/m1/s1. The lowest BCUT2D eigenvalue weighted by Gasteiger charge is -2.31. The van der Waals surface area contributed by atoms with Gasteiger partial charge in [0.1, 0.15) is 0 Å². The monoisotopic (exact) mass is 259 g/mol. The van der Waals surface area contributed by atoms with Crippen molar-refractivity contribution in [3.63, 3.8) is 0 Å². The number of nitrogen functional groups attached to an aromatic ring is 1. The predicted octanol–water partition coefficient (Wildman–Crippen LogP) is 2.78. The highest BCUT2D eigenvalue weighted by molar-refractivity contribution is 5.96. The molecule has 0 radical (unpaired) electrons. The number of fused-ring (bicyclic) bond motifs is 1. The number of nitrogens with zero attached hydrogens (tertiary/aromatic N) is 1. The van der Waals surface area contributed by atoms with E-state index in [1.807, 2.05) is 31.2 Å². The van der Waals surface area contributed by atoms with Gasteiger partial charge in [-0.25, -0.2) is 0 Å². The minimum Gasteiger partial charge on any atom is -0.396 e. The Bertz CT molecular complexity index is 575. The molecule has 0 aliphatic rings. The summed E-state index contributed by atoms with van der Waals surface area (Å²) in [4.78, 5) is 4.31. The number of nitrogens with two attached hydrogens (primary N) is 1. The van der Waals surface area contributed by atoms with Gasteiger partial charge in [0, 0.05) is 5.39 Å². The second kappa shape index (κ2) is 5.05. The van der Waals surface area contributed by atoms with Gasteiger partial charge in [-0.2, -0.15) is 0 Å². The number of aliphatic hydroxyl groups is 1. The van der Waals surface area contributed by atoms with Crippen LogP contribution >= 0.6 is 0 Å². The number of benzene rings is 1. The summed E-state index contributed by atoms with van der Waals surface area (Å²) in [5.41, 5.74) is 7.55. The van der Waals surface area contributed by atoms with Gasteiger partial charge in [-0.3, -0.25) is 4.98 Å². The van der Waals surface area contributed by atoms with Crippen molar-refractivity contribution in [2.24, 2.45) is 0 Å². The molecule has 2 aromatic rings. The normalized spacial score (nSPS) is 13.5. The molecule has 19 heavy (non-hydrogen) atoms. The van der Waals surface area contributed by atoms with Crippen LogP contribution in [0.3, 0.4) is 0 Å². The van der Waals surface area contributed by atoms with Crippen LogP contribution in [0.2, 0.25) is 0 Å². The molecular formula is C15H21N3O. The molecule has 0 aliphatic carbocycles. The van der Waals surface area contributed by atoms with E-state index in [2.05, 4.69) is 10.3 Å². The van der Waals surface area contributed by atoms with Crippen LogP contribution in [0.25, 0.3) is 10.9 Å². The number of aromatic nitrogens is 1. The second-order valence-corrected chi connectivity index (χ2v) is 5.36. The molecule has 0 fully saturated rings. The van der Waals surface area contributed by atoms with Crippen molar-refractivity contribution in [3.05, 3.63) is 30.5 Å². The van der Waals surface area contributed by atoms with Crippen molar-refractivity contribution in [2.75, 3.05) is 11.1 Å². The van der Waals surface area contributed by atoms with E-state index in [9.17, 15) is 5.11 Å². The van der Waals surface area contributed by atoms with Crippen LogP contribution < -0.4 is 11.1 Å². The first-order chi connectivity index (χ1) is 8.93. The molecule has 1 aromatic carbocycles. The summed E-state index contributed by atoms with van der Waals surface area (Å²) in [6.45, 7) is 5.64. The van der Waals surface area contributed by atoms with E-state index in [0.717, 1.165) is 23.0 Å². The lowest BCUT2D eigenvalue weighted by molar-refractivity contribution is 0.0580. The molecule has 0 spiro atoms. The lowest BCUT2D eigenvalue weighted by atomic mass is 9.96. The molecule has 0 amide bonds. The number of pyridine rings is 1. The Morgan fingerprint density at radius 3 is 2.68 bits per heavy atom. The van der Waals surface area contributed by atoms with Crippen LogP contribution in [0, 0.1) is 0 Å². The third kappa shape index (κ3) is 2.79. The first-order valence-corrected chi connectivity index (χ1v) is 6.55. The van der Waals surface area contributed by atoms with Crippen LogP contribution in [0.4, 0.5) is 11.4 Å². The van der Waals surface area contributed by atoms with Crippen LogP contribution in [-0.4, -0.2) is 21.7 Å². The van der Waals surface area contributed by atoms with Gasteiger partial charge in [0.05, 0.1) is 34.7 Å². The first kappa shape index (κ1) is 13.6. The third-order valence-electron chi connectivity index (χ3n) is 3.38. The van der Waals surface area contributed by atoms with E-state index < -0.39 is 5.60 Å². The molecule has 1 heterocycles. The minimum absolute atomic E-state index is 0.0689. The molecule has 0 saturated carbocycles. The minimum atomic E-state index is -0.814. The highest BCUT2D eigenvalue weighted by atomic mass is 16.3. The maximum Gasteiger partial charge on any atom is 0.0791 e. The van der Waals surface area contributed by atoms with Crippen LogP contribution in [0.15, 0.2) is 30.5 Å². The van der Waals surface area contributed by atoms with E-state index >= 15 is 0 Å². The van der Waals surface area contributed by atoms with Gasteiger partial charge >= 0.3 is 0 Å². The van der Waals surface area contributed by atoms with Gasteiger partial charge in [-0.05, 0) is 26.3 Å². The molecule has 1 aromatic heterocycles. The molecule has 0 bridgehead atoms. The molecule has 4 heteroatoms. The van der Waals surface area contributed by atoms with E-state index in [-0.39, 0.29) is 6.04 Å². The molecule has 1 atom stereocenters. The average Bonchev–Trinajstić information content (AvgIpc) is 2.36. The SMILES string of the molecule is CC[C@@H](Nc1c(N)cnc2ccccc12)C(C)(C)O. The summed E-state index contributed by atoms with van der Waals surface area (Å²) in [7, 11) is 0. The molecule has 0 aliphatic heterocycles. The van der Waals surface area contributed by atoms with E-state index in [1.54, 1.807) is 20.0 Å². The molecular weight excluding hydrogens is 238 g/mol. The van der Waals surface area contributed by atoms with E-state index in [1.165, 1.54) is 0 Å². The zero-order valence-electron chi connectivity index (χ0n) is 11.6. The molecule has 0 saturated heterocycles. The Balaban J connectivity index is 2.47. The summed E-state index contributed by atoms with van der Waals surface area (Å²) in [6.07, 6.45) is 2.46. The Kier molecular flexibility index (Phi) is 3.62. The van der Waals surface area contributed by atoms with Crippen LogP contribution in [0.5, 0.6) is 0 Å². The number of anilines is 2. The van der Waals surface area contributed by atoms with Crippen LogP contribution in [-0.2, 0) is 0 Å². The van der Waals surface area contributed by atoms with Gasteiger partial charge in [0.25, 0.3) is 0 Å². The fourth-order valence-electron chi connectivity index (χ4n) is 2.27. The number of para-hydroxylation sites is 1. The number of hydrogen-bond donors (Lipinski definition) is 3. The van der Waals surface area contributed by atoms with Crippen molar-refractivity contribution in [3.8, 4) is 0 Å². The topological polar surface area (TPSA) is 71.2 Å². The highest BCUT2D eigenvalue weighted by Gasteiger charge is 2.26. The van der Waals surface area contributed by atoms with E-state index in [4.69, 9.17) is 5.73 Å². The summed E-state index contributed by atoms with van der Waals surface area (Å²) in [6, 6.07) is 7.77. The molecule has 0 unspecified atom stereocenters. The smallest absolute Gasteiger partial charge is 0.0791 e. The fraction of sp³-hybridized carbons (Fsp3) is 0.400. The molecule has 4 N–H and O–H groups in total. The number of nitrogens with one attached hydrogen (secondary N) is 1. The predicted molar refractivity (Wildman–Crippen MR) is 80.2 cm³/mol. The van der Waals surface area contributed by atoms with Crippen molar-refractivity contribution < 1.29 is 5.11 Å². The van der Waals surface area contributed by atoms with Gasteiger partial charge < -0.3 is 16.2 Å². The largest absolute Gasteiger partial charge is 0.396 e. The summed E-state index contributed by atoms with van der Waals surface area (Å²) >= 11 is 0. The van der Waals surface area contributed by atoms with Crippen LogP contribution in [0.1, 0.15) is 27.2 Å². The Hall–Kier alpha value is -1.81. The Labute approximate surface area is 113 Å². The maximum atomic E-state index is 10.2. The maximum absolute atomic E-state index is 10.2. The number of hydrogen-bond acceptors (Lipinski definition) is 4. The quantitative estimate of drug-likeness (QED) is 0.789. The van der Waals surface area contributed by atoms with Crippen molar-refractivity contribution >= 4 is 22.3 Å². The van der Waals surface area contributed by atoms with Crippen molar-refractivity contribution in [2.45, 2.75) is 38.8 Å². The van der Waals surface area contributed by atoms with Crippen molar-refractivity contribution in [1.29, 1.82) is 0 Å². The molecule has 102 valence electrons. The lowest BCUT2D eigenvalue weighted by Crippen LogP contribution is -2.41. The van der Waals surface area contributed by atoms with Crippen molar-refractivity contribution in [1.82, 2.24) is 4.98 Å². The summed E-state index contributed by atoms with van der Waals surface area (Å²) in [5.74, 6) is 0. The zero-order valence-corrected chi connectivity index (χ0v) is 11.6. The Morgan fingerprint density at radius 2 is 2.05 bits per heavy atom. The van der Waals surface area contributed by atoms with Gasteiger partial charge in [0.2, 0.25) is 0 Å². The molecule has 2 rings (SSSR count). The third-order valence-corrected chi connectivity index (χ3v) is 3.38. The Morgan fingerprint density at radius 1 is 1.37 bits per heavy atom. The average molecular weight is 259 g/mol. The summed E-state index contributed by atoms with van der Waals surface area (Å²) in [5, 5.41) is 14.5. The van der Waals surface area contributed by atoms with Gasteiger partial charge in [-0.1, -0.05) is 25.1 Å². The second-order valence-electron chi connectivity index (χ2n) is 5.36. The molecule has 4 nitrogen and oxygen atoms in total. The van der Waals surface area contributed by atoms with Gasteiger partial charge in [0.15, 0.2) is 0 Å². The number of rotatable bonds is 4. The summed E-state index contributed by atoms with van der Waals surface area (Å²) < 4.78 is 0. The zero-order chi connectivity index (χ0) is 14.0. The first-order valence-electron chi connectivity index (χ1n) is 6.55. The fourth-order valence-corrected chi connectivity index (χ4v) is 2.27. The highest BCUT2D eigenvalue weighted by Crippen LogP contribution is 2.30. The van der Waals surface area contributed by atoms with E-state index in [0.29, 0.717) is 5.69 Å². The van der Waals surface area contributed by atoms with Gasteiger partial charge in [-0.15, -0.1) is 0 Å².